The average Bonchev–Trinajstić information content (AvgIpc) is 2.71. The summed E-state index contributed by atoms with van der Waals surface area (Å²) in [5.74, 6) is -0.712. The molecule has 0 bridgehead atoms. The minimum absolute atomic E-state index is 0.163. The van der Waals surface area contributed by atoms with Crippen LogP contribution in [-0.2, 0) is 14.3 Å². The van der Waals surface area contributed by atoms with Gasteiger partial charge < -0.3 is 14.6 Å². The molecule has 1 saturated carbocycles. The number of carbonyl (C=O) groups is 1. The third-order valence-electron chi connectivity index (χ3n) is 3.18. The van der Waals surface area contributed by atoms with Crippen molar-refractivity contribution in [2.24, 2.45) is 5.92 Å². The van der Waals surface area contributed by atoms with Crippen LogP contribution in [0.3, 0.4) is 0 Å². The van der Waals surface area contributed by atoms with Gasteiger partial charge in [-0.2, -0.15) is 0 Å². The molecule has 3 atom stereocenters. The molecule has 1 aliphatic heterocycles. The molecule has 0 aromatic carbocycles. The highest BCUT2D eigenvalue weighted by atomic mass is 16.7. The Bertz CT molecular complexity index is 261. The second-order valence-corrected chi connectivity index (χ2v) is 4.82. The zero-order chi connectivity index (χ0) is 11.1. The van der Waals surface area contributed by atoms with Gasteiger partial charge in [0.05, 0.1) is 12.7 Å². The van der Waals surface area contributed by atoms with E-state index in [1.54, 1.807) is 0 Å². The molecule has 15 heavy (non-hydrogen) atoms. The summed E-state index contributed by atoms with van der Waals surface area (Å²) in [5.41, 5.74) is 0. The topological polar surface area (TPSA) is 55.8 Å². The molecule has 3 unspecified atom stereocenters. The van der Waals surface area contributed by atoms with Gasteiger partial charge in [-0.05, 0) is 26.7 Å². The van der Waals surface area contributed by atoms with E-state index in [2.05, 4.69) is 0 Å². The minimum Gasteiger partial charge on any atom is -0.390 e. The minimum atomic E-state index is -0.707. The second kappa shape index (κ2) is 3.85. The first-order valence-electron chi connectivity index (χ1n) is 5.52. The van der Waals surface area contributed by atoms with Gasteiger partial charge in [0.1, 0.15) is 11.9 Å². The Hall–Kier alpha value is -0.450. The van der Waals surface area contributed by atoms with E-state index in [0.717, 1.165) is 12.8 Å². The molecule has 0 spiro atoms. The lowest BCUT2D eigenvalue weighted by Gasteiger charge is -2.23. The second-order valence-electron chi connectivity index (χ2n) is 4.82. The third kappa shape index (κ3) is 2.22. The molecular formula is C11H18O4. The first-order chi connectivity index (χ1) is 6.99. The fraction of sp³-hybridized carbons (Fsp3) is 0.909. The zero-order valence-corrected chi connectivity index (χ0v) is 9.23. The zero-order valence-electron chi connectivity index (χ0n) is 9.23. The molecule has 1 aliphatic carbocycles. The van der Waals surface area contributed by atoms with Crippen LogP contribution in [0.2, 0.25) is 0 Å². The lowest BCUT2D eigenvalue weighted by Crippen LogP contribution is -2.38. The predicted octanol–water partition coefficient (Wildman–Crippen LogP) is 0.868. The maximum Gasteiger partial charge on any atom is 0.163 e. The Labute approximate surface area is 89.6 Å². The molecule has 2 fully saturated rings. The van der Waals surface area contributed by atoms with Gasteiger partial charge in [0.2, 0.25) is 0 Å². The van der Waals surface area contributed by atoms with Gasteiger partial charge in [-0.3, -0.25) is 4.79 Å². The van der Waals surface area contributed by atoms with Crippen LogP contribution in [0, 0.1) is 5.92 Å². The molecule has 1 N–H and O–H groups in total. The molecule has 1 saturated heterocycles. The highest BCUT2D eigenvalue weighted by molar-refractivity contribution is 5.83. The van der Waals surface area contributed by atoms with Crippen molar-refractivity contribution in [1.82, 2.24) is 0 Å². The maximum absolute atomic E-state index is 11.5. The Kier molecular flexibility index (Phi) is 2.83. The lowest BCUT2D eigenvalue weighted by molar-refractivity contribution is -0.157. The molecule has 1 heterocycles. The molecular weight excluding hydrogens is 196 g/mol. The van der Waals surface area contributed by atoms with Crippen LogP contribution >= 0.6 is 0 Å². The SMILES string of the molecule is CC1(C)OCC(C(O)C2CCCC2=O)O1. The van der Waals surface area contributed by atoms with E-state index in [4.69, 9.17) is 9.47 Å². The number of hydrogen-bond acceptors (Lipinski definition) is 4. The van der Waals surface area contributed by atoms with Gasteiger partial charge in [0, 0.05) is 12.3 Å². The summed E-state index contributed by atoms with van der Waals surface area (Å²) in [7, 11) is 0. The van der Waals surface area contributed by atoms with Crippen molar-refractivity contribution in [3.63, 3.8) is 0 Å². The standard InChI is InChI=1S/C11H18O4/c1-11(2)14-6-9(15-11)10(13)7-4-3-5-8(7)12/h7,9-10,13H,3-6H2,1-2H3. The van der Waals surface area contributed by atoms with Gasteiger partial charge in [-0.25, -0.2) is 0 Å². The van der Waals surface area contributed by atoms with Gasteiger partial charge in [0.25, 0.3) is 0 Å². The van der Waals surface area contributed by atoms with Crippen molar-refractivity contribution >= 4 is 5.78 Å². The van der Waals surface area contributed by atoms with Crippen LogP contribution in [-0.4, -0.2) is 35.5 Å². The Morgan fingerprint density at radius 1 is 1.53 bits per heavy atom. The fourth-order valence-electron chi connectivity index (χ4n) is 2.35. The largest absolute Gasteiger partial charge is 0.390 e. The smallest absolute Gasteiger partial charge is 0.163 e. The first kappa shape index (κ1) is 11.0. The first-order valence-corrected chi connectivity index (χ1v) is 5.52. The predicted molar refractivity (Wildman–Crippen MR) is 53.3 cm³/mol. The summed E-state index contributed by atoms with van der Waals surface area (Å²) < 4.78 is 10.9. The molecule has 2 rings (SSSR count). The van der Waals surface area contributed by atoms with E-state index < -0.39 is 11.9 Å². The quantitative estimate of drug-likeness (QED) is 0.741. The molecule has 2 aliphatic rings. The average molecular weight is 214 g/mol. The molecule has 4 nitrogen and oxygen atoms in total. The number of ether oxygens (including phenoxy) is 2. The number of Topliss-reactive ketones (excluding diaryl/α,β-unsaturated/α-hetero) is 1. The van der Waals surface area contributed by atoms with E-state index >= 15 is 0 Å². The van der Waals surface area contributed by atoms with Crippen molar-refractivity contribution in [2.75, 3.05) is 6.61 Å². The molecule has 86 valence electrons. The van der Waals surface area contributed by atoms with Crippen LogP contribution in [0.4, 0.5) is 0 Å². The number of aliphatic hydroxyl groups is 1. The van der Waals surface area contributed by atoms with E-state index in [9.17, 15) is 9.90 Å². The third-order valence-corrected chi connectivity index (χ3v) is 3.18. The number of ketones is 1. The van der Waals surface area contributed by atoms with E-state index in [0.29, 0.717) is 13.0 Å². The maximum atomic E-state index is 11.5. The molecule has 0 aromatic heterocycles. The highest BCUT2D eigenvalue weighted by Crippen LogP contribution is 2.31. The summed E-state index contributed by atoms with van der Waals surface area (Å²) >= 11 is 0. The van der Waals surface area contributed by atoms with Gasteiger partial charge in [-0.15, -0.1) is 0 Å². The Balaban J connectivity index is 1.97. The highest BCUT2D eigenvalue weighted by Gasteiger charge is 2.42. The summed E-state index contributed by atoms with van der Waals surface area (Å²) in [6, 6.07) is 0. The van der Waals surface area contributed by atoms with Crippen molar-refractivity contribution in [3.05, 3.63) is 0 Å². The summed E-state index contributed by atoms with van der Waals surface area (Å²) in [6.45, 7) is 4.00. The molecule has 0 aromatic rings. The summed E-state index contributed by atoms with van der Waals surface area (Å²) in [5, 5.41) is 10.0. The van der Waals surface area contributed by atoms with Crippen molar-refractivity contribution in [2.45, 2.75) is 51.1 Å². The monoisotopic (exact) mass is 214 g/mol. The van der Waals surface area contributed by atoms with Gasteiger partial charge >= 0.3 is 0 Å². The number of hydrogen-bond donors (Lipinski definition) is 1. The molecule has 0 radical (unpaired) electrons. The van der Waals surface area contributed by atoms with Crippen LogP contribution in [0.5, 0.6) is 0 Å². The van der Waals surface area contributed by atoms with Crippen LogP contribution in [0.15, 0.2) is 0 Å². The summed E-state index contributed by atoms with van der Waals surface area (Å²) in [6.07, 6.45) is 1.20. The van der Waals surface area contributed by atoms with Crippen molar-refractivity contribution < 1.29 is 19.4 Å². The van der Waals surface area contributed by atoms with E-state index in [-0.39, 0.29) is 17.8 Å². The number of aliphatic hydroxyl groups excluding tert-OH is 1. The van der Waals surface area contributed by atoms with E-state index in [1.165, 1.54) is 0 Å². The van der Waals surface area contributed by atoms with Crippen LogP contribution in [0.1, 0.15) is 33.1 Å². The summed E-state index contributed by atoms with van der Waals surface area (Å²) in [4.78, 5) is 11.5. The Morgan fingerprint density at radius 3 is 2.73 bits per heavy atom. The lowest BCUT2D eigenvalue weighted by atomic mass is 9.96. The van der Waals surface area contributed by atoms with Gasteiger partial charge in [0.15, 0.2) is 5.79 Å². The van der Waals surface area contributed by atoms with Gasteiger partial charge in [-0.1, -0.05) is 0 Å². The van der Waals surface area contributed by atoms with Crippen LogP contribution < -0.4 is 0 Å². The van der Waals surface area contributed by atoms with Crippen molar-refractivity contribution in [1.29, 1.82) is 0 Å². The normalized spacial score (nSPS) is 37.1. The fourth-order valence-corrected chi connectivity index (χ4v) is 2.35. The van der Waals surface area contributed by atoms with Crippen molar-refractivity contribution in [3.8, 4) is 0 Å². The number of carbonyl (C=O) groups excluding carboxylic acids is 1. The molecule has 4 heteroatoms. The number of rotatable bonds is 2. The van der Waals surface area contributed by atoms with E-state index in [1.807, 2.05) is 13.8 Å². The molecule has 0 amide bonds. The Morgan fingerprint density at radius 2 is 2.27 bits per heavy atom. The van der Waals surface area contributed by atoms with Crippen LogP contribution in [0.25, 0.3) is 0 Å².